The number of carbonyl (C=O) groups excluding carboxylic acids is 2. The maximum atomic E-state index is 12.6. The molecule has 5 heteroatoms. The minimum absolute atomic E-state index is 0.159. The molecule has 1 atom stereocenters. The van der Waals surface area contributed by atoms with Crippen LogP contribution < -0.4 is 0 Å². The van der Waals surface area contributed by atoms with Gasteiger partial charge in [-0.05, 0) is 80.2 Å². The molecule has 3 aromatic rings. The molecule has 0 N–H and O–H groups in total. The molecule has 174 valence electrons. The van der Waals surface area contributed by atoms with Crippen molar-refractivity contribution in [3.63, 3.8) is 0 Å². The average molecular weight is 473 g/mol. The summed E-state index contributed by atoms with van der Waals surface area (Å²) in [5.41, 5.74) is 3.73. The number of imide groups is 1. The number of fused-ring (bicyclic) bond motifs is 1. The van der Waals surface area contributed by atoms with E-state index < -0.39 is 0 Å². The van der Waals surface area contributed by atoms with Crippen molar-refractivity contribution < 1.29 is 9.59 Å². The molecular formula is C29H29ClN2O2. The first-order chi connectivity index (χ1) is 16.6. The van der Waals surface area contributed by atoms with Crippen LogP contribution in [0, 0.1) is 5.92 Å². The summed E-state index contributed by atoms with van der Waals surface area (Å²) in [4.78, 5) is 29.0. The fourth-order valence-corrected chi connectivity index (χ4v) is 5.60. The summed E-state index contributed by atoms with van der Waals surface area (Å²) < 4.78 is 0. The Balaban J connectivity index is 1.18. The van der Waals surface area contributed by atoms with Crippen LogP contribution in [-0.4, -0.2) is 47.8 Å². The van der Waals surface area contributed by atoms with E-state index in [1.807, 2.05) is 24.3 Å². The van der Waals surface area contributed by atoms with Gasteiger partial charge in [-0.2, -0.15) is 0 Å². The number of carbonyl (C=O) groups is 2. The Hall–Kier alpha value is -2.95. The van der Waals surface area contributed by atoms with Gasteiger partial charge in [0, 0.05) is 17.5 Å². The maximum absolute atomic E-state index is 12.6. The topological polar surface area (TPSA) is 40.6 Å². The van der Waals surface area contributed by atoms with Crippen LogP contribution in [0.3, 0.4) is 0 Å². The van der Waals surface area contributed by atoms with Crippen molar-refractivity contribution in [3.05, 3.63) is 106 Å². The summed E-state index contributed by atoms with van der Waals surface area (Å²) in [6.45, 7) is 3.44. The highest BCUT2D eigenvalue weighted by Crippen LogP contribution is 2.38. The highest BCUT2D eigenvalue weighted by molar-refractivity contribution is 6.30. The van der Waals surface area contributed by atoms with Gasteiger partial charge in [0.2, 0.25) is 0 Å². The Labute approximate surface area is 206 Å². The minimum Gasteiger partial charge on any atom is -0.303 e. The summed E-state index contributed by atoms with van der Waals surface area (Å²) in [7, 11) is 0. The molecule has 3 aromatic carbocycles. The summed E-state index contributed by atoms with van der Waals surface area (Å²) in [5, 5.41) is 0.767. The number of likely N-dealkylation sites (tertiary alicyclic amines) is 1. The fourth-order valence-electron chi connectivity index (χ4n) is 5.47. The van der Waals surface area contributed by atoms with Crippen molar-refractivity contribution in [2.24, 2.45) is 5.92 Å². The molecule has 0 aromatic heterocycles. The molecule has 5 rings (SSSR count). The number of nitrogens with zero attached hydrogens (tertiary/aromatic N) is 2. The van der Waals surface area contributed by atoms with Crippen molar-refractivity contribution in [2.75, 3.05) is 26.2 Å². The zero-order valence-corrected chi connectivity index (χ0v) is 20.0. The summed E-state index contributed by atoms with van der Waals surface area (Å²) in [6.07, 6.45) is 3.04. The first-order valence-corrected chi connectivity index (χ1v) is 12.5. The third-order valence-electron chi connectivity index (χ3n) is 7.23. The van der Waals surface area contributed by atoms with E-state index in [4.69, 9.17) is 11.6 Å². The van der Waals surface area contributed by atoms with E-state index in [0.717, 1.165) is 43.9 Å². The number of piperidine rings is 1. The van der Waals surface area contributed by atoms with Gasteiger partial charge in [0.1, 0.15) is 0 Å². The van der Waals surface area contributed by atoms with Crippen molar-refractivity contribution >= 4 is 23.4 Å². The molecule has 2 aliphatic heterocycles. The smallest absolute Gasteiger partial charge is 0.261 e. The predicted molar refractivity (Wildman–Crippen MR) is 135 cm³/mol. The third-order valence-corrected chi connectivity index (χ3v) is 7.48. The normalized spacial score (nSPS) is 17.7. The van der Waals surface area contributed by atoms with Gasteiger partial charge in [0.25, 0.3) is 11.8 Å². The molecule has 4 nitrogen and oxygen atoms in total. The van der Waals surface area contributed by atoms with E-state index in [-0.39, 0.29) is 11.8 Å². The molecule has 2 amide bonds. The van der Waals surface area contributed by atoms with Crippen molar-refractivity contribution in [3.8, 4) is 0 Å². The molecule has 1 saturated heterocycles. The Bertz CT molecular complexity index is 1120. The summed E-state index contributed by atoms with van der Waals surface area (Å²) in [6, 6.07) is 26.2. The van der Waals surface area contributed by atoms with Crippen LogP contribution in [0.2, 0.25) is 5.02 Å². The minimum atomic E-state index is -0.159. The molecule has 0 radical (unpaired) electrons. The zero-order chi connectivity index (χ0) is 23.5. The molecule has 0 spiro atoms. The second-order valence-electron chi connectivity index (χ2n) is 9.28. The lowest BCUT2D eigenvalue weighted by atomic mass is 9.76. The Morgan fingerprint density at radius 1 is 0.735 bits per heavy atom. The number of amides is 2. The zero-order valence-electron chi connectivity index (χ0n) is 19.2. The lowest BCUT2D eigenvalue weighted by Gasteiger charge is -2.37. The van der Waals surface area contributed by atoms with Gasteiger partial charge in [-0.15, -0.1) is 0 Å². The summed E-state index contributed by atoms with van der Waals surface area (Å²) in [5.74, 6) is 0.607. The third kappa shape index (κ3) is 4.66. The van der Waals surface area contributed by atoms with Gasteiger partial charge >= 0.3 is 0 Å². The molecule has 2 heterocycles. The van der Waals surface area contributed by atoms with Crippen LogP contribution in [-0.2, 0) is 0 Å². The Morgan fingerprint density at radius 3 is 1.91 bits per heavy atom. The van der Waals surface area contributed by atoms with Gasteiger partial charge in [-0.3, -0.25) is 14.5 Å². The lowest BCUT2D eigenvalue weighted by Crippen LogP contribution is -2.38. The van der Waals surface area contributed by atoms with E-state index in [1.54, 1.807) is 12.1 Å². The van der Waals surface area contributed by atoms with Crippen LogP contribution in [0.25, 0.3) is 0 Å². The van der Waals surface area contributed by atoms with Gasteiger partial charge < -0.3 is 4.90 Å². The van der Waals surface area contributed by atoms with E-state index in [1.165, 1.54) is 16.0 Å². The number of hydrogen-bond acceptors (Lipinski definition) is 3. The fraction of sp³-hybridized carbons (Fsp3) is 0.310. The van der Waals surface area contributed by atoms with Gasteiger partial charge in [0.05, 0.1) is 11.1 Å². The average Bonchev–Trinajstić information content (AvgIpc) is 3.12. The van der Waals surface area contributed by atoms with E-state index in [0.29, 0.717) is 29.5 Å². The first-order valence-electron chi connectivity index (χ1n) is 12.1. The van der Waals surface area contributed by atoms with Crippen molar-refractivity contribution in [1.29, 1.82) is 0 Å². The monoisotopic (exact) mass is 472 g/mol. The molecule has 0 bridgehead atoms. The van der Waals surface area contributed by atoms with Crippen molar-refractivity contribution in [2.45, 2.75) is 25.2 Å². The van der Waals surface area contributed by atoms with Gasteiger partial charge in [-0.25, -0.2) is 0 Å². The number of halogens is 1. The highest BCUT2D eigenvalue weighted by Gasteiger charge is 2.35. The molecule has 2 aliphatic rings. The van der Waals surface area contributed by atoms with Crippen molar-refractivity contribution in [1.82, 2.24) is 9.80 Å². The molecule has 0 saturated carbocycles. The predicted octanol–water partition coefficient (Wildman–Crippen LogP) is 5.87. The SMILES string of the molecule is O=C1c2ccccc2C(=O)N1CCCN1CCC(C(c2ccccc2)c2ccc(Cl)cc2)CC1. The largest absolute Gasteiger partial charge is 0.303 e. The van der Waals surface area contributed by atoms with Crippen LogP contribution in [0.15, 0.2) is 78.9 Å². The number of rotatable bonds is 7. The Morgan fingerprint density at radius 2 is 1.29 bits per heavy atom. The summed E-state index contributed by atoms with van der Waals surface area (Å²) >= 11 is 6.15. The first kappa shape index (κ1) is 22.8. The second-order valence-corrected chi connectivity index (χ2v) is 9.72. The standard InChI is InChI=1S/C29H29ClN2O2/c30-24-13-11-22(12-14-24)27(21-7-2-1-3-8-21)23-15-19-31(20-16-23)17-6-18-32-28(33)25-9-4-5-10-26(25)29(32)34/h1-5,7-14,23,27H,6,15-20H2. The maximum Gasteiger partial charge on any atom is 0.261 e. The molecule has 0 aliphatic carbocycles. The van der Waals surface area contributed by atoms with E-state index >= 15 is 0 Å². The quantitative estimate of drug-likeness (QED) is 0.404. The number of benzene rings is 3. The lowest BCUT2D eigenvalue weighted by molar-refractivity contribution is 0.0644. The number of hydrogen-bond donors (Lipinski definition) is 0. The molecule has 1 fully saturated rings. The Kier molecular flexibility index (Phi) is 6.80. The second kappa shape index (κ2) is 10.1. The van der Waals surface area contributed by atoms with Gasteiger partial charge in [-0.1, -0.05) is 66.2 Å². The van der Waals surface area contributed by atoms with E-state index in [2.05, 4.69) is 47.4 Å². The van der Waals surface area contributed by atoms with Gasteiger partial charge in [0.15, 0.2) is 0 Å². The van der Waals surface area contributed by atoms with E-state index in [9.17, 15) is 9.59 Å². The molecular weight excluding hydrogens is 444 g/mol. The highest BCUT2D eigenvalue weighted by atomic mass is 35.5. The van der Waals surface area contributed by atoms with Crippen LogP contribution >= 0.6 is 11.6 Å². The van der Waals surface area contributed by atoms with Crippen LogP contribution in [0.4, 0.5) is 0 Å². The molecule has 1 unspecified atom stereocenters. The van der Waals surface area contributed by atoms with Crippen LogP contribution in [0.1, 0.15) is 57.0 Å². The molecule has 34 heavy (non-hydrogen) atoms. The van der Waals surface area contributed by atoms with Crippen LogP contribution in [0.5, 0.6) is 0 Å².